The first kappa shape index (κ1) is 20.4. The molecule has 1 saturated heterocycles. The lowest BCUT2D eigenvalue weighted by Crippen LogP contribution is -2.37. The van der Waals surface area contributed by atoms with Gasteiger partial charge in [-0.15, -0.1) is 0 Å². The van der Waals surface area contributed by atoms with Crippen molar-refractivity contribution in [3.8, 4) is 0 Å². The van der Waals surface area contributed by atoms with Crippen molar-refractivity contribution in [2.45, 2.75) is 6.92 Å². The molecule has 1 aliphatic heterocycles. The molecule has 140 valence electrons. The summed E-state index contributed by atoms with van der Waals surface area (Å²) in [6.07, 6.45) is 3.62. The van der Waals surface area contributed by atoms with E-state index < -0.39 is 0 Å². The average molecular weight is 441 g/mol. The number of likely N-dealkylation sites (tertiary alicyclic amines) is 1. The Kier molecular flexibility index (Phi) is 6.67. The number of hydrogen-bond donors (Lipinski definition) is 0. The van der Waals surface area contributed by atoms with E-state index in [1.165, 1.54) is 0 Å². The fraction of sp³-hybridized carbons (Fsp3) is 0.190. The van der Waals surface area contributed by atoms with Crippen LogP contribution in [0.2, 0.25) is 20.1 Å². The van der Waals surface area contributed by atoms with Gasteiger partial charge in [0.2, 0.25) is 0 Å². The first-order valence-corrected chi connectivity index (χ1v) is 9.97. The summed E-state index contributed by atoms with van der Waals surface area (Å²) in [5, 5.41) is 2.25. The minimum Gasteiger partial charge on any atom is -0.295 e. The fourth-order valence-electron chi connectivity index (χ4n) is 2.96. The van der Waals surface area contributed by atoms with E-state index in [1.807, 2.05) is 12.2 Å². The maximum atomic E-state index is 13.1. The summed E-state index contributed by atoms with van der Waals surface area (Å²) in [4.78, 5) is 15.2. The van der Waals surface area contributed by atoms with Crippen molar-refractivity contribution in [2.24, 2.45) is 0 Å². The molecular weight excluding hydrogens is 424 g/mol. The molecule has 1 fully saturated rings. The number of piperidine rings is 1. The van der Waals surface area contributed by atoms with Gasteiger partial charge in [0.15, 0.2) is 5.78 Å². The minimum absolute atomic E-state index is 0.0215. The summed E-state index contributed by atoms with van der Waals surface area (Å²) in [5.41, 5.74) is 2.78. The number of halogens is 4. The largest absolute Gasteiger partial charge is 0.295 e. The lowest BCUT2D eigenvalue weighted by molar-refractivity contribution is -0.113. The average Bonchev–Trinajstić information content (AvgIpc) is 2.64. The van der Waals surface area contributed by atoms with Crippen LogP contribution in [0.5, 0.6) is 0 Å². The predicted octanol–water partition coefficient (Wildman–Crippen LogP) is 6.67. The molecule has 0 spiro atoms. The molecule has 2 nitrogen and oxygen atoms in total. The van der Waals surface area contributed by atoms with Crippen LogP contribution >= 0.6 is 46.4 Å². The summed E-state index contributed by atoms with van der Waals surface area (Å²) in [5.74, 6) is -0.0215. The van der Waals surface area contributed by atoms with Gasteiger partial charge in [0.05, 0.1) is 0 Å². The lowest BCUT2D eigenvalue weighted by atomic mass is 9.94. The van der Waals surface area contributed by atoms with Gasteiger partial charge in [0.25, 0.3) is 0 Å². The van der Waals surface area contributed by atoms with Crippen LogP contribution in [-0.4, -0.2) is 30.3 Å². The molecule has 1 aliphatic rings. The van der Waals surface area contributed by atoms with E-state index in [1.54, 1.807) is 36.4 Å². The number of hydrogen-bond acceptors (Lipinski definition) is 2. The summed E-state index contributed by atoms with van der Waals surface area (Å²) in [6, 6.07) is 10.4. The molecule has 0 aliphatic carbocycles. The Bertz CT molecular complexity index is 876. The van der Waals surface area contributed by atoms with Crippen molar-refractivity contribution in [3.05, 3.63) is 78.8 Å². The number of ketones is 1. The van der Waals surface area contributed by atoms with Crippen LogP contribution in [0.25, 0.3) is 12.2 Å². The SMILES string of the molecule is CCN1CC(=Cc2cc(Cl)ccc2Cl)C(=O)C(=Cc2cc(Cl)ccc2Cl)C1. The second kappa shape index (κ2) is 8.81. The minimum atomic E-state index is -0.0215. The third-order valence-corrected chi connectivity index (χ3v) is 5.55. The van der Waals surface area contributed by atoms with Crippen LogP contribution in [0.3, 0.4) is 0 Å². The van der Waals surface area contributed by atoms with Gasteiger partial charge >= 0.3 is 0 Å². The second-order valence-corrected chi connectivity index (χ2v) is 7.99. The first-order valence-electron chi connectivity index (χ1n) is 8.45. The van der Waals surface area contributed by atoms with Crippen molar-refractivity contribution < 1.29 is 4.79 Å². The number of likely N-dealkylation sites (N-methyl/N-ethyl adjacent to an activating group) is 1. The fourth-order valence-corrected chi connectivity index (χ4v) is 3.66. The highest BCUT2D eigenvalue weighted by Gasteiger charge is 2.25. The first-order chi connectivity index (χ1) is 12.9. The van der Waals surface area contributed by atoms with Crippen molar-refractivity contribution >= 4 is 64.3 Å². The van der Waals surface area contributed by atoms with Gasteiger partial charge in [-0.25, -0.2) is 0 Å². The molecule has 0 saturated carbocycles. The molecule has 2 aromatic carbocycles. The van der Waals surface area contributed by atoms with E-state index in [0.29, 0.717) is 44.3 Å². The smallest absolute Gasteiger partial charge is 0.187 e. The zero-order chi connectivity index (χ0) is 19.6. The van der Waals surface area contributed by atoms with Gasteiger partial charge in [0.1, 0.15) is 0 Å². The highest BCUT2D eigenvalue weighted by Crippen LogP contribution is 2.28. The molecule has 0 radical (unpaired) electrons. The molecule has 2 aromatic rings. The molecular formula is C21H17Cl4NO. The number of carbonyl (C=O) groups excluding carboxylic acids is 1. The number of rotatable bonds is 3. The summed E-state index contributed by atoms with van der Waals surface area (Å²) in [7, 11) is 0. The Morgan fingerprint density at radius 2 is 1.30 bits per heavy atom. The third kappa shape index (κ3) is 4.96. The van der Waals surface area contributed by atoms with Crippen LogP contribution < -0.4 is 0 Å². The van der Waals surface area contributed by atoms with Gasteiger partial charge in [-0.1, -0.05) is 53.3 Å². The molecule has 0 amide bonds. The van der Waals surface area contributed by atoms with Gasteiger partial charge in [-0.05, 0) is 66.2 Å². The molecule has 0 aromatic heterocycles. The van der Waals surface area contributed by atoms with Gasteiger partial charge in [0, 0.05) is 44.3 Å². The topological polar surface area (TPSA) is 20.3 Å². The maximum absolute atomic E-state index is 13.1. The monoisotopic (exact) mass is 439 g/mol. The molecule has 27 heavy (non-hydrogen) atoms. The van der Waals surface area contributed by atoms with Crippen LogP contribution in [0.4, 0.5) is 0 Å². The van der Waals surface area contributed by atoms with Gasteiger partial charge < -0.3 is 0 Å². The summed E-state index contributed by atoms with van der Waals surface area (Å²) >= 11 is 24.7. The van der Waals surface area contributed by atoms with E-state index >= 15 is 0 Å². The van der Waals surface area contributed by atoms with Crippen molar-refractivity contribution in [1.82, 2.24) is 4.90 Å². The number of Topliss-reactive ketones (excluding diaryl/α,β-unsaturated/α-hetero) is 1. The van der Waals surface area contributed by atoms with Crippen LogP contribution in [0.15, 0.2) is 47.5 Å². The Labute approximate surface area is 179 Å². The quantitative estimate of drug-likeness (QED) is 0.496. The number of nitrogens with zero attached hydrogens (tertiary/aromatic N) is 1. The zero-order valence-electron chi connectivity index (χ0n) is 14.6. The summed E-state index contributed by atoms with van der Waals surface area (Å²) in [6.45, 7) is 3.98. The Hall–Kier alpha value is -1.29. The number of benzene rings is 2. The molecule has 0 atom stereocenters. The predicted molar refractivity (Wildman–Crippen MR) is 116 cm³/mol. The van der Waals surface area contributed by atoms with Gasteiger partial charge in [-0.2, -0.15) is 0 Å². The summed E-state index contributed by atoms with van der Waals surface area (Å²) < 4.78 is 0. The van der Waals surface area contributed by atoms with Crippen molar-refractivity contribution in [2.75, 3.05) is 19.6 Å². The molecule has 6 heteroatoms. The normalized spacial score (nSPS) is 18.5. The van der Waals surface area contributed by atoms with Crippen LogP contribution in [0.1, 0.15) is 18.1 Å². The Morgan fingerprint density at radius 3 is 1.70 bits per heavy atom. The molecule has 0 N–H and O–H groups in total. The molecule has 0 unspecified atom stereocenters. The maximum Gasteiger partial charge on any atom is 0.187 e. The lowest BCUT2D eigenvalue weighted by Gasteiger charge is -2.28. The molecule has 0 bridgehead atoms. The van der Waals surface area contributed by atoms with Crippen molar-refractivity contribution in [1.29, 1.82) is 0 Å². The third-order valence-electron chi connectivity index (χ3n) is 4.39. The van der Waals surface area contributed by atoms with E-state index in [2.05, 4.69) is 11.8 Å². The van der Waals surface area contributed by atoms with Crippen molar-refractivity contribution in [3.63, 3.8) is 0 Å². The Morgan fingerprint density at radius 1 is 0.852 bits per heavy atom. The van der Waals surface area contributed by atoms with E-state index in [-0.39, 0.29) is 5.78 Å². The van der Waals surface area contributed by atoms with Crippen LogP contribution in [0, 0.1) is 0 Å². The highest BCUT2D eigenvalue weighted by molar-refractivity contribution is 6.35. The van der Waals surface area contributed by atoms with Crippen LogP contribution in [-0.2, 0) is 4.79 Å². The van der Waals surface area contributed by atoms with E-state index in [0.717, 1.165) is 17.7 Å². The second-order valence-electron chi connectivity index (χ2n) is 6.30. The number of carbonyl (C=O) groups is 1. The highest BCUT2D eigenvalue weighted by atomic mass is 35.5. The molecule has 1 heterocycles. The standard InChI is InChI=1S/C21H17Cl4NO/c1-2-26-11-15(7-13-9-17(22)3-5-19(13)24)21(27)16(12-26)8-14-10-18(23)4-6-20(14)25/h3-10H,2,11-12H2,1H3. The van der Waals surface area contributed by atoms with E-state index in [4.69, 9.17) is 46.4 Å². The Balaban J connectivity index is 2.03. The van der Waals surface area contributed by atoms with Gasteiger partial charge in [-0.3, -0.25) is 9.69 Å². The molecule has 3 rings (SSSR count). The zero-order valence-corrected chi connectivity index (χ0v) is 17.6. The van der Waals surface area contributed by atoms with E-state index in [9.17, 15) is 4.79 Å².